The van der Waals surface area contributed by atoms with E-state index in [0.717, 1.165) is 38.2 Å². The highest BCUT2D eigenvalue weighted by Crippen LogP contribution is 2.12. The Labute approximate surface area is 247 Å². The fourth-order valence-electron chi connectivity index (χ4n) is 4.15. The summed E-state index contributed by atoms with van der Waals surface area (Å²) in [5.41, 5.74) is 5.59. The number of benzene rings is 1. The van der Waals surface area contributed by atoms with E-state index in [1.807, 2.05) is 48.2 Å². The minimum absolute atomic E-state index is 0.141. The molecule has 3 atom stereocenters. The van der Waals surface area contributed by atoms with Crippen LogP contribution in [0.4, 0.5) is 0 Å². The summed E-state index contributed by atoms with van der Waals surface area (Å²) in [7, 11) is 2.19. The van der Waals surface area contributed by atoms with E-state index in [2.05, 4.69) is 94.4 Å². The summed E-state index contributed by atoms with van der Waals surface area (Å²) < 4.78 is 0. The first kappa shape index (κ1) is 39.5. The van der Waals surface area contributed by atoms with Crippen LogP contribution < -0.4 is 5.43 Å². The largest absolute Gasteiger partial charge is 0.345 e. The van der Waals surface area contributed by atoms with Gasteiger partial charge in [0.05, 0.1) is 5.71 Å². The normalized spacial score (nSPS) is 21.1. The summed E-state index contributed by atoms with van der Waals surface area (Å²) in [5, 5.41) is 11.2. The van der Waals surface area contributed by atoms with Gasteiger partial charge in [0.1, 0.15) is 0 Å². The highest BCUT2D eigenvalue weighted by atomic mass is 16.1. The van der Waals surface area contributed by atoms with Crippen molar-refractivity contribution in [2.75, 3.05) is 46.3 Å². The van der Waals surface area contributed by atoms with Crippen molar-refractivity contribution in [3.8, 4) is 0 Å². The van der Waals surface area contributed by atoms with Gasteiger partial charge in [0.25, 0.3) is 0 Å². The van der Waals surface area contributed by atoms with Crippen LogP contribution in [-0.2, 0) is 4.79 Å². The zero-order chi connectivity index (χ0) is 30.8. The Hall–Kier alpha value is -2.67. The highest BCUT2D eigenvalue weighted by molar-refractivity contribution is 5.99. The number of carbonyl (C=O) groups is 1. The molecule has 0 spiro atoms. The van der Waals surface area contributed by atoms with E-state index < -0.39 is 0 Å². The molecule has 230 valence electrons. The van der Waals surface area contributed by atoms with E-state index in [-0.39, 0.29) is 17.9 Å². The van der Waals surface area contributed by atoms with Gasteiger partial charge in [0.2, 0.25) is 6.41 Å². The van der Waals surface area contributed by atoms with Gasteiger partial charge >= 0.3 is 0 Å². The maximum Gasteiger partial charge on any atom is 0.209 e. The average Bonchev–Trinajstić information content (AvgIpc) is 3.06. The monoisotopic (exact) mass is 558 g/mol. The van der Waals surface area contributed by atoms with Gasteiger partial charge in [-0.2, -0.15) is 10.2 Å². The predicted octanol–water partition coefficient (Wildman–Crippen LogP) is 6.71. The number of nitrogens with zero attached hydrogens (tertiary/aromatic N) is 5. The van der Waals surface area contributed by atoms with Crippen LogP contribution in [0.1, 0.15) is 79.7 Å². The third kappa shape index (κ3) is 19.4. The van der Waals surface area contributed by atoms with Crippen LogP contribution in [0.25, 0.3) is 0 Å². The molecule has 1 saturated heterocycles. The summed E-state index contributed by atoms with van der Waals surface area (Å²) >= 11 is 0. The van der Waals surface area contributed by atoms with Crippen molar-refractivity contribution >= 4 is 18.3 Å². The van der Waals surface area contributed by atoms with Gasteiger partial charge in [0.15, 0.2) is 0 Å². The Morgan fingerprint density at radius 2 is 1.65 bits per heavy atom. The first-order valence-corrected chi connectivity index (χ1v) is 15.3. The molecular weight excluding hydrogens is 496 g/mol. The third-order valence-corrected chi connectivity index (χ3v) is 6.60. The maximum atomic E-state index is 11.2. The first-order chi connectivity index (χ1) is 19.3. The molecule has 1 aromatic rings. The minimum Gasteiger partial charge on any atom is -0.345 e. The van der Waals surface area contributed by atoms with Gasteiger partial charge in [-0.3, -0.25) is 9.80 Å². The molecule has 0 aliphatic carbocycles. The smallest absolute Gasteiger partial charge is 0.209 e. The lowest BCUT2D eigenvalue weighted by atomic mass is 9.95. The Morgan fingerprint density at radius 1 is 1.07 bits per heavy atom. The Kier molecular flexibility index (Phi) is 26.2. The number of hydrogen-bond donors (Lipinski definition) is 1. The zero-order valence-corrected chi connectivity index (χ0v) is 27.4. The van der Waals surface area contributed by atoms with Crippen molar-refractivity contribution in [3.63, 3.8) is 0 Å². The van der Waals surface area contributed by atoms with Gasteiger partial charge in [-0.05, 0) is 67.1 Å². The Balaban J connectivity index is 0. The van der Waals surface area contributed by atoms with Crippen LogP contribution >= 0.6 is 0 Å². The van der Waals surface area contributed by atoms with E-state index in [4.69, 9.17) is 0 Å². The Morgan fingerprint density at radius 3 is 2.08 bits per heavy atom. The number of carbonyl (C=O) groups excluding carboxylic acids is 1. The summed E-state index contributed by atoms with van der Waals surface area (Å²) in [6.07, 6.45) is 8.08. The van der Waals surface area contributed by atoms with Gasteiger partial charge in [-0.1, -0.05) is 70.0 Å². The molecule has 3 rings (SSSR count). The van der Waals surface area contributed by atoms with Crippen LogP contribution in [-0.4, -0.2) is 85.5 Å². The van der Waals surface area contributed by atoms with Crippen LogP contribution in [0.2, 0.25) is 0 Å². The van der Waals surface area contributed by atoms with Gasteiger partial charge in [-0.15, -0.1) is 13.2 Å². The number of piperidine rings is 1. The SMILES string of the molecule is C=C.CC.CCN(CC)/N=C\C(C)/C1=N/NC(C)CCN(C=O)CC1C.CN1CCCCC1.Cc1ccccc1. The number of aryl methyl sites for hydroxylation is 1. The summed E-state index contributed by atoms with van der Waals surface area (Å²) in [4.78, 5) is 15.4. The second kappa shape index (κ2) is 26.5. The number of nitrogens with one attached hydrogen (secondary N) is 1. The van der Waals surface area contributed by atoms with Crippen molar-refractivity contribution in [2.45, 2.75) is 87.1 Å². The zero-order valence-electron chi connectivity index (χ0n) is 27.4. The maximum absolute atomic E-state index is 11.2. The van der Waals surface area contributed by atoms with Crippen molar-refractivity contribution in [1.29, 1.82) is 0 Å². The predicted molar refractivity (Wildman–Crippen MR) is 177 cm³/mol. The molecule has 40 heavy (non-hydrogen) atoms. The van der Waals surface area contributed by atoms with Crippen LogP contribution in [0.15, 0.2) is 53.7 Å². The number of hydrazone groups is 2. The van der Waals surface area contributed by atoms with Crippen molar-refractivity contribution < 1.29 is 4.79 Å². The molecule has 1 fully saturated rings. The number of amides is 1. The molecular formula is C33H62N6O. The van der Waals surface area contributed by atoms with Crippen molar-refractivity contribution in [1.82, 2.24) is 20.2 Å². The molecule has 0 radical (unpaired) electrons. The van der Waals surface area contributed by atoms with Gasteiger partial charge < -0.3 is 15.2 Å². The van der Waals surface area contributed by atoms with Crippen molar-refractivity contribution in [2.24, 2.45) is 22.0 Å². The molecule has 7 nitrogen and oxygen atoms in total. The molecule has 0 aromatic heterocycles. The highest BCUT2D eigenvalue weighted by Gasteiger charge is 2.21. The van der Waals surface area contributed by atoms with Crippen LogP contribution in [0.5, 0.6) is 0 Å². The summed E-state index contributed by atoms with van der Waals surface area (Å²) in [6.45, 7) is 28.5. The Bertz CT molecular complexity index is 759. The number of rotatable bonds is 6. The molecule has 2 aliphatic rings. The quantitative estimate of drug-likeness (QED) is 0.182. The molecule has 1 aromatic carbocycles. The molecule has 3 unspecified atom stereocenters. The first-order valence-electron chi connectivity index (χ1n) is 15.3. The second-order valence-corrected chi connectivity index (χ2v) is 10.1. The van der Waals surface area contributed by atoms with Crippen LogP contribution in [0, 0.1) is 18.8 Å². The number of hydrogen-bond acceptors (Lipinski definition) is 6. The van der Waals surface area contributed by atoms with E-state index in [9.17, 15) is 4.79 Å². The van der Waals surface area contributed by atoms with E-state index in [0.29, 0.717) is 6.54 Å². The molecule has 7 heteroatoms. The number of likely N-dealkylation sites (tertiary alicyclic amines) is 1. The molecule has 0 bridgehead atoms. The third-order valence-electron chi connectivity index (χ3n) is 6.60. The van der Waals surface area contributed by atoms with E-state index >= 15 is 0 Å². The minimum atomic E-state index is 0.141. The lowest BCUT2D eigenvalue weighted by Gasteiger charge is -2.23. The van der Waals surface area contributed by atoms with E-state index in [1.165, 1.54) is 37.9 Å². The lowest BCUT2D eigenvalue weighted by molar-refractivity contribution is -0.118. The fourth-order valence-corrected chi connectivity index (χ4v) is 4.15. The average molecular weight is 559 g/mol. The molecule has 1 N–H and O–H groups in total. The topological polar surface area (TPSA) is 63.5 Å². The van der Waals surface area contributed by atoms with E-state index in [1.54, 1.807) is 0 Å². The standard InChI is InChI=1S/C16H31N5O.C7H8.C6H13N.C2H6.C2H4/c1-6-21(7-2)17-10-13(3)16-14(4)11-20(12-22)9-8-15(5)18-19-16;2*1-7-5-3-2-4-6-7;2*1-2/h10,12-15,18H,6-9,11H2,1-5H3;2-6H,1H3;2-6H2,1H3;1-2H3;1-2H2/b17-10-,19-16-;;;;. The second-order valence-electron chi connectivity index (χ2n) is 10.1. The molecule has 0 saturated carbocycles. The van der Waals surface area contributed by atoms with Gasteiger partial charge in [-0.25, -0.2) is 0 Å². The molecule has 2 heterocycles. The summed E-state index contributed by atoms with van der Waals surface area (Å²) in [6, 6.07) is 10.5. The summed E-state index contributed by atoms with van der Waals surface area (Å²) in [5.74, 6) is 0.350. The molecule has 1 amide bonds. The van der Waals surface area contributed by atoms with Gasteiger partial charge in [0, 0.05) is 50.3 Å². The lowest BCUT2D eigenvalue weighted by Crippen LogP contribution is -2.34. The fraction of sp³-hybridized carbons (Fsp3) is 0.667. The molecule has 2 aliphatic heterocycles. The van der Waals surface area contributed by atoms with Crippen molar-refractivity contribution in [3.05, 3.63) is 49.1 Å². The van der Waals surface area contributed by atoms with Crippen LogP contribution in [0.3, 0.4) is 0 Å².